The molecule has 0 fully saturated rings. The highest BCUT2D eigenvalue weighted by atomic mass is 32.1. The number of ether oxygens (including phenoxy) is 1. The van der Waals surface area contributed by atoms with Crippen LogP contribution in [0.15, 0.2) is 54.0 Å². The second kappa shape index (κ2) is 11.0. The van der Waals surface area contributed by atoms with E-state index in [-0.39, 0.29) is 11.8 Å². The van der Waals surface area contributed by atoms with E-state index in [1.165, 1.54) is 11.3 Å². The molecule has 0 unspecified atom stereocenters. The van der Waals surface area contributed by atoms with E-state index in [2.05, 4.69) is 20.9 Å². The van der Waals surface area contributed by atoms with Gasteiger partial charge in [0.15, 0.2) is 5.13 Å². The minimum atomic E-state index is -0.623. The first kappa shape index (κ1) is 26.2. The highest BCUT2D eigenvalue weighted by Crippen LogP contribution is 2.30. The van der Waals surface area contributed by atoms with Crippen LogP contribution >= 0.6 is 11.3 Å². The Balaban J connectivity index is 1.33. The van der Waals surface area contributed by atoms with Crippen molar-refractivity contribution in [2.45, 2.75) is 45.9 Å². The highest BCUT2D eigenvalue weighted by molar-refractivity contribution is 7.13. The Hall–Kier alpha value is -3.92. The lowest BCUT2D eigenvalue weighted by atomic mass is 10.0. The lowest BCUT2D eigenvalue weighted by Gasteiger charge is -2.22. The van der Waals surface area contributed by atoms with Crippen molar-refractivity contribution in [3.8, 4) is 11.1 Å². The minimum absolute atomic E-state index is 0.158. The van der Waals surface area contributed by atoms with E-state index in [1.54, 1.807) is 23.4 Å². The fourth-order valence-electron chi connectivity index (χ4n) is 3.92. The lowest BCUT2D eigenvalue weighted by Crippen LogP contribution is -2.42. The van der Waals surface area contributed by atoms with Crippen molar-refractivity contribution in [2.75, 3.05) is 23.7 Å². The first-order valence-electron chi connectivity index (χ1n) is 12.1. The smallest absolute Gasteiger partial charge is 0.407 e. The molecule has 2 aromatic carbocycles. The van der Waals surface area contributed by atoms with E-state index in [9.17, 15) is 14.4 Å². The number of rotatable bonds is 8. The predicted molar refractivity (Wildman–Crippen MR) is 145 cm³/mol. The lowest BCUT2D eigenvalue weighted by molar-refractivity contribution is -0.120. The number of thiazole rings is 1. The van der Waals surface area contributed by atoms with Gasteiger partial charge in [0.1, 0.15) is 11.6 Å². The number of fused-ring (bicyclic) bond motifs is 1. The summed E-state index contributed by atoms with van der Waals surface area (Å²) in [6, 6.07) is 13.1. The number of benzene rings is 2. The standard InChI is InChI=1S/C27H31N5O4S/c1-17(23(33)31-25-29-13-14-37-25)32-16-20-6-5-19(15-22(20)24(32)34)18-7-9-21(10-8-18)28-11-12-30-26(35)36-27(2,3)4/h5-10,13-15,17,28H,11-12,16H2,1-4H3,(H,30,35)(H,29,31,33)/t17-/m1/s1. The van der Waals surface area contributed by atoms with E-state index in [0.717, 1.165) is 22.4 Å². The van der Waals surface area contributed by atoms with Gasteiger partial charge in [-0.1, -0.05) is 24.3 Å². The first-order valence-corrected chi connectivity index (χ1v) is 12.9. The summed E-state index contributed by atoms with van der Waals surface area (Å²) >= 11 is 1.34. The van der Waals surface area contributed by atoms with Gasteiger partial charge in [-0.25, -0.2) is 9.78 Å². The molecular formula is C27H31N5O4S. The largest absolute Gasteiger partial charge is 0.444 e. The molecule has 1 atom stereocenters. The van der Waals surface area contributed by atoms with E-state index in [1.807, 2.05) is 63.2 Å². The fourth-order valence-corrected chi connectivity index (χ4v) is 4.45. The van der Waals surface area contributed by atoms with Gasteiger partial charge in [-0.3, -0.25) is 9.59 Å². The average Bonchev–Trinajstić information content (AvgIpc) is 3.48. The quantitative estimate of drug-likeness (QED) is 0.370. The van der Waals surface area contributed by atoms with Gasteiger partial charge in [0.25, 0.3) is 5.91 Å². The van der Waals surface area contributed by atoms with Gasteiger partial charge >= 0.3 is 6.09 Å². The second-order valence-electron chi connectivity index (χ2n) is 9.74. The van der Waals surface area contributed by atoms with Crippen LogP contribution in [0.25, 0.3) is 11.1 Å². The molecule has 0 aliphatic carbocycles. The van der Waals surface area contributed by atoms with Gasteiger partial charge < -0.3 is 25.6 Å². The molecule has 1 aromatic heterocycles. The molecule has 1 aliphatic rings. The van der Waals surface area contributed by atoms with Crippen molar-refractivity contribution in [3.63, 3.8) is 0 Å². The van der Waals surface area contributed by atoms with Crippen LogP contribution in [-0.2, 0) is 16.1 Å². The Bertz CT molecular complexity index is 1270. The fraction of sp³-hybridized carbons (Fsp3) is 0.333. The summed E-state index contributed by atoms with van der Waals surface area (Å²) in [6.07, 6.45) is 1.18. The molecule has 194 valence electrons. The number of hydrogen-bond acceptors (Lipinski definition) is 7. The molecule has 3 N–H and O–H groups in total. The second-order valence-corrected chi connectivity index (χ2v) is 10.6. The summed E-state index contributed by atoms with van der Waals surface area (Å²) in [6.45, 7) is 8.57. The summed E-state index contributed by atoms with van der Waals surface area (Å²) in [5, 5.41) is 11.0. The maximum atomic E-state index is 13.1. The maximum absolute atomic E-state index is 13.1. The Morgan fingerprint density at radius 1 is 1.11 bits per heavy atom. The van der Waals surface area contributed by atoms with E-state index >= 15 is 0 Å². The number of alkyl carbamates (subject to hydrolysis) is 1. The molecule has 0 saturated carbocycles. The zero-order valence-electron chi connectivity index (χ0n) is 21.3. The van der Waals surface area contributed by atoms with Gasteiger partial charge in [-0.05, 0) is 62.6 Å². The van der Waals surface area contributed by atoms with Crippen LogP contribution in [0.5, 0.6) is 0 Å². The zero-order chi connectivity index (χ0) is 26.6. The topological polar surface area (TPSA) is 113 Å². The number of amides is 3. The Kier molecular flexibility index (Phi) is 7.77. The maximum Gasteiger partial charge on any atom is 0.407 e. The van der Waals surface area contributed by atoms with Gasteiger partial charge in [-0.15, -0.1) is 11.3 Å². The molecule has 1 aliphatic heterocycles. The summed E-state index contributed by atoms with van der Waals surface area (Å²) in [7, 11) is 0. The average molecular weight is 522 g/mol. The molecular weight excluding hydrogens is 490 g/mol. The highest BCUT2D eigenvalue weighted by Gasteiger charge is 2.34. The van der Waals surface area contributed by atoms with E-state index < -0.39 is 17.7 Å². The molecule has 0 radical (unpaired) electrons. The molecule has 37 heavy (non-hydrogen) atoms. The van der Waals surface area contributed by atoms with Crippen molar-refractivity contribution in [3.05, 3.63) is 65.2 Å². The number of hydrogen-bond donors (Lipinski definition) is 3. The molecule has 9 nitrogen and oxygen atoms in total. The van der Waals surface area contributed by atoms with Crippen LogP contribution < -0.4 is 16.0 Å². The van der Waals surface area contributed by atoms with Crippen molar-refractivity contribution < 1.29 is 19.1 Å². The van der Waals surface area contributed by atoms with Crippen molar-refractivity contribution in [2.24, 2.45) is 0 Å². The number of anilines is 2. The Morgan fingerprint density at radius 3 is 2.51 bits per heavy atom. The zero-order valence-corrected chi connectivity index (χ0v) is 22.1. The number of carbonyl (C=O) groups is 3. The normalized spacial score (nSPS) is 13.6. The summed E-state index contributed by atoms with van der Waals surface area (Å²) in [5.41, 5.74) is 3.80. The van der Waals surface area contributed by atoms with Crippen molar-refractivity contribution in [1.29, 1.82) is 0 Å². The SMILES string of the molecule is C[C@H](C(=O)Nc1nccs1)N1Cc2ccc(-c3ccc(NCCNC(=O)OC(C)(C)C)cc3)cc2C1=O. The molecule has 3 amide bonds. The molecule has 0 saturated heterocycles. The Labute approximate surface area is 220 Å². The van der Waals surface area contributed by atoms with Crippen molar-refractivity contribution in [1.82, 2.24) is 15.2 Å². The molecule has 0 bridgehead atoms. The van der Waals surface area contributed by atoms with Gasteiger partial charge in [0.2, 0.25) is 5.91 Å². The van der Waals surface area contributed by atoms with Crippen LogP contribution in [0.4, 0.5) is 15.6 Å². The third kappa shape index (κ3) is 6.65. The monoisotopic (exact) mass is 521 g/mol. The van der Waals surface area contributed by atoms with E-state index in [4.69, 9.17) is 4.74 Å². The third-order valence-electron chi connectivity index (χ3n) is 5.79. The summed E-state index contributed by atoms with van der Waals surface area (Å²) in [4.78, 5) is 43.1. The molecule has 4 rings (SSSR count). The molecule has 10 heteroatoms. The van der Waals surface area contributed by atoms with Gasteiger partial charge in [0.05, 0.1) is 0 Å². The van der Waals surface area contributed by atoms with Crippen molar-refractivity contribution >= 4 is 40.1 Å². The van der Waals surface area contributed by atoms with Gasteiger partial charge in [-0.2, -0.15) is 0 Å². The minimum Gasteiger partial charge on any atom is -0.444 e. The number of carbonyl (C=O) groups excluding carboxylic acids is 3. The van der Waals surface area contributed by atoms with Crippen LogP contribution in [0.1, 0.15) is 43.6 Å². The van der Waals surface area contributed by atoms with E-state index in [0.29, 0.717) is 30.3 Å². The molecule has 0 spiro atoms. The Morgan fingerprint density at radius 2 is 1.84 bits per heavy atom. The predicted octanol–water partition coefficient (Wildman–Crippen LogP) is 4.73. The van der Waals surface area contributed by atoms with Crippen LogP contribution in [-0.4, -0.2) is 52.5 Å². The third-order valence-corrected chi connectivity index (χ3v) is 6.48. The first-order chi connectivity index (χ1) is 17.6. The number of aromatic nitrogens is 1. The van der Waals surface area contributed by atoms with Crippen LogP contribution in [0.2, 0.25) is 0 Å². The van der Waals surface area contributed by atoms with Gasteiger partial charge in [0, 0.05) is 42.5 Å². The summed E-state index contributed by atoms with van der Waals surface area (Å²) < 4.78 is 5.22. The molecule has 2 heterocycles. The van der Waals surface area contributed by atoms with Crippen LogP contribution in [0, 0.1) is 0 Å². The van der Waals surface area contributed by atoms with Crippen LogP contribution in [0.3, 0.4) is 0 Å². The number of nitrogens with one attached hydrogen (secondary N) is 3. The number of nitrogens with zero attached hydrogens (tertiary/aromatic N) is 2. The molecule has 3 aromatic rings. The summed E-state index contributed by atoms with van der Waals surface area (Å²) in [5.74, 6) is -0.421.